The molecule has 0 heterocycles. The number of methoxy groups -OCH3 is 3. The van der Waals surface area contributed by atoms with Gasteiger partial charge in [-0.25, -0.2) is 0 Å². The van der Waals surface area contributed by atoms with Gasteiger partial charge < -0.3 is 23.7 Å². The lowest BCUT2D eigenvalue weighted by Crippen LogP contribution is -2.09. The lowest BCUT2D eigenvalue weighted by atomic mass is 10.2. The minimum atomic E-state index is -0.292. The zero-order valence-corrected chi connectivity index (χ0v) is 12.2. The molecule has 1 aromatic carbocycles. The number of esters is 1. The Balaban J connectivity index is 2.73. The molecule has 0 saturated carbocycles. The summed E-state index contributed by atoms with van der Waals surface area (Å²) in [6.45, 7) is 2.35. The van der Waals surface area contributed by atoms with E-state index >= 15 is 0 Å². The van der Waals surface area contributed by atoms with E-state index in [4.69, 9.17) is 23.7 Å². The van der Waals surface area contributed by atoms with Gasteiger partial charge in [0.05, 0.1) is 41.0 Å². The SMILES string of the molecule is CCOC(=O)CCOc1cc(OC)c(OC)c(OC)c1. The molecule has 0 unspecified atom stereocenters. The third-order valence-electron chi connectivity index (χ3n) is 2.52. The van der Waals surface area contributed by atoms with Crippen LogP contribution in [0.4, 0.5) is 0 Å². The van der Waals surface area contributed by atoms with Gasteiger partial charge in [0.15, 0.2) is 11.5 Å². The normalized spacial score (nSPS) is 9.80. The average Bonchev–Trinajstić information content (AvgIpc) is 2.46. The standard InChI is InChI=1S/C14H20O6/c1-5-19-13(15)6-7-20-10-8-11(16-2)14(18-4)12(9-10)17-3/h8-9H,5-7H2,1-4H3. The Labute approximate surface area is 118 Å². The first-order valence-electron chi connectivity index (χ1n) is 6.24. The number of benzene rings is 1. The van der Waals surface area contributed by atoms with Crippen molar-refractivity contribution in [2.75, 3.05) is 34.5 Å². The summed E-state index contributed by atoms with van der Waals surface area (Å²) in [6, 6.07) is 3.35. The highest BCUT2D eigenvalue weighted by atomic mass is 16.5. The maximum Gasteiger partial charge on any atom is 0.309 e. The van der Waals surface area contributed by atoms with Crippen LogP contribution in [0.2, 0.25) is 0 Å². The molecule has 1 aromatic rings. The van der Waals surface area contributed by atoms with Crippen LogP contribution in [0.15, 0.2) is 12.1 Å². The van der Waals surface area contributed by atoms with Gasteiger partial charge in [0.1, 0.15) is 5.75 Å². The van der Waals surface area contributed by atoms with E-state index in [2.05, 4.69) is 0 Å². The van der Waals surface area contributed by atoms with Crippen LogP contribution in [0.25, 0.3) is 0 Å². The molecule has 0 saturated heterocycles. The van der Waals surface area contributed by atoms with Crippen molar-refractivity contribution >= 4 is 5.97 Å². The van der Waals surface area contributed by atoms with Crippen molar-refractivity contribution in [3.05, 3.63) is 12.1 Å². The van der Waals surface area contributed by atoms with E-state index in [0.29, 0.717) is 29.6 Å². The molecule has 6 nitrogen and oxygen atoms in total. The van der Waals surface area contributed by atoms with Gasteiger partial charge in [-0.15, -0.1) is 0 Å². The van der Waals surface area contributed by atoms with Crippen LogP contribution in [-0.2, 0) is 9.53 Å². The lowest BCUT2D eigenvalue weighted by Gasteiger charge is -2.14. The second-order valence-corrected chi connectivity index (χ2v) is 3.76. The summed E-state index contributed by atoms with van der Waals surface area (Å²) in [5.74, 6) is 1.73. The smallest absolute Gasteiger partial charge is 0.309 e. The lowest BCUT2D eigenvalue weighted by molar-refractivity contribution is -0.143. The summed E-state index contributed by atoms with van der Waals surface area (Å²) in [5.41, 5.74) is 0. The number of carbonyl (C=O) groups excluding carboxylic acids is 1. The molecule has 0 spiro atoms. The molecular weight excluding hydrogens is 264 g/mol. The van der Waals surface area contributed by atoms with Gasteiger partial charge in [-0.3, -0.25) is 4.79 Å². The molecule has 0 aliphatic rings. The van der Waals surface area contributed by atoms with Crippen molar-refractivity contribution in [2.45, 2.75) is 13.3 Å². The second kappa shape index (κ2) is 8.14. The van der Waals surface area contributed by atoms with E-state index in [-0.39, 0.29) is 19.0 Å². The fraction of sp³-hybridized carbons (Fsp3) is 0.500. The molecule has 0 bridgehead atoms. The quantitative estimate of drug-likeness (QED) is 0.681. The maximum atomic E-state index is 11.2. The van der Waals surface area contributed by atoms with Crippen LogP contribution in [0.3, 0.4) is 0 Å². The number of ether oxygens (including phenoxy) is 5. The predicted molar refractivity (Wildman–Crippen MR) is 72.8 cm³/mol. The molecule has 6 heteroatoms. The fourth-order valence-electron chi connectivity index (χ4n) is 1.63. The molecule has 0 aliphatic heterocycles. The van der Waals surface area contributed by atoms with Crippen LogP contribution in [-0.4, -0.2) is 40.5 Å². The minimum absolute atomic E-state index is 0.185. The largest absolute Gasteiger partial charge is 0.493 e. The van der Waals surface area contributed by atoms with Crippen LogP contribution in [0.5, 0.6) is 23.0 Å². The van der Waals surface area contributed by atoms with Gasteiger partial charge in [0, 0.05) is 12.1 Å². The Kier molecular flexibility index (Phi) is 6.49. The number of hydrogen-bond donors (Lipinski definition) is 0. The van der Waals surface area contributed by atoms with Crippen LogP contribution in [0, 0.1) is 0 Å². The van der Waals surface area contributed by atoms with Crippen molar-refractivity contribution in [1.82, 2.24) is 0 Å². The Bertz CT molecular complexity index is 418. The molecule has 0 fully saturated rings. The Morgan fingerprint density at radius 1 is 1.05 bits per heavy atom. The molecular formula is C14H20O6. The van der Waals surface area contributed by atoms with Crippen LogP contribution in [0.1, 0.15) is 13.3 Å². The molecule has 0 atom stereocenters. The topological polar surface area (TPSA) is 63.2 Å². The maximum absolute atomic E-state index is 11.2. The third kappa shape index (κ3) is 4.22. The van der Waals surface area contributed by atoms with Crippen LogP contribution < -0.4 is 18.9 Å². The first kappa shape index (κ1) is 15.9. The summed E-state index contributed by atoms with van der Waals surface area (Å²) >= 11 is 0. The minimum Gasteiger partial charge on any atom is -0.493 e. The van der Waals surface area contributed by atoms with E-state index in [9.17, 15) is 4.79 Å². The fourth-order valence-corrected chi connectivity index (χ4v) is 1.63. The first-order valence-corrected chi connectivity index (χ1v) is 6.24. The Hall–Kier alpha value is -2.11. The highest BCUT2D eigenvalue weighted by molar-refractivity contribution is 5.69. The highest BCUT2D eigenvalue weighted by Crippen LogP contribution is 2.40. The summed E-state index contributed by atoms with van der Waals surface area (Å²) < 4.78 is 25.9. The molecule has 0 N–H and O–H groups in total. The van der Waals surface area contributed by atoms with Crippen molar-refractivity contribution in [1.29, 1.82) is 0 Å². The summed E-state index contributed by atoms with van der Waals surface area (Å²) in [6.07, 6.45) is 0.185. The Morgan fingerprint density at radius 3 is 2.10 bits per heavy atom. The zero-order valence-electron chi connectivity index (χ0n) is 12.2. The van der Waals surface area contributed by atoms with E-state index in [1.165, 1.54) is 21.3 Å². The first-order chi connectivity index (χ1) is 9.65. The molecule has 20 heavy (non-hydrogen) atoms. The molecule has 0 aliphatic carbocycles. The second-order valence-electron chi connectivity index (χ2n) is 3.76. The van der Waals surface area contributed by atoms with E-state index in [1.54, 1.807) is 19.1 Å². The number of carbonyl (C=O) groups is 1. The zero-order chi connectivity index (χ0) is 15.0. The van der Waals surface area contributed by atoms with Crippen molar-refractivity contribution in [2.24, 2.45) is 0 Å². The van der Waals surface area contributed by atoms with Gasteiger partial charge in [-0.1, -0.05) is 0 Å². The van der Waals surface area contributed by atoms with Crippen molar-refractivity contribution in [3.63, 3.8) is 0 Å². The van der Waals surface area contributed by atoms with Crippen molar-refractivity contribution < 1.29 is 28.5 Å². The summed E-state index contributed by atoms with van der Waals surface area (Å²) in [4.78, 5) is 11.2. The summed E-state index contributed by atoms with van der Waals surface area (Å²) in [7, 11) is 4.58. The van der Waals surface area contributed by atoms with Gasteiger partial charge in [-0.2, -0.15) is 0 Å². The van der Waals surface area contributed by atoms with E-state index < -0.39 is 0 Å². The van der Waals surface area contributed by atoms with E-state index in [1.807, 2.05) is 0 Å². The Morgan fingerprint density at radius 2 is 1.65 bits per heavy atom. The van der Waals surface area contributed by atoms with Gasteiger partial charge in [0.2, 0.25) is 5.75 Å². The molecule has 0 radical (unpaired) electrons. The average molecular weight is 284 g/mol. The van der Waals surface area contributed by atoms with Gasteiger partial charge in [0.25, 0.3) is 0 Å². The number of rotatable bonds is 8. The predicted octanol–water partition coefficient (Wildman–Crippen LogP) is 2.04. The van der Waals surface area contributed by atoms with Gasteiger partial charge in [-0.05, 0) is 6.92 Å². The van der Waals surface area contributed by atoms with Gasteiger partial charge >= 0.3 is 5.97 Å². The summed E-state index contributed by atoms with van der Waals surface area (Å²) in [5, 5.41) is 0. The van der Waals surface area contributed by atoms with E-state index in [0.717, 1.165) is 0 Å². The van der Waals surface area contributed by atoms with Crippen molar-refractivity contribution in [3.8, 4) is 23.0 Å². The molecule has 112 valence electrons. The van der Waals surface area contributed by atoms with Crippen LogP contribution >= 0.6 is 0 Å². The number of hydrogen-bond acceptors (Lipinski definition) is 6. The monoisotopic (exact) mass is 284 g/mol. The third-order valence-corrected chi connectivity index (χ3v) is 2.52. The molecule has 0 amide bonds. The highest BCUT2D eigenvalue weighted by Gasteiger charge is 2.14. The molecule has 1 rings (SSSR count). The molecule has 0 aromatic heterocycles.